The van der Waals surface area contributed by atoms with Gasteiger partial charge in [-0.15, -0.1) is 0 Å². The maximum Gasteiger partial charge on any atom is 0.0803 e. The molecule has 0 spiro atoms. The van der Waals surface area contributed by atoms with Crippen LogP contribution in [0.25, 0.3) is 0 Å². The molecule has 1 aromatic heterocycles. The molecule has 0 aliphatic carbocycles. The highest BCUT2D eigenvalue weighted by Gasteiger charge is 2.12. The monoisotopic (exact) mass is 356 g/mol. The first-order chi connectivity index (χ1) is 8.58. The van der Waals surface area contributed by atoms with E-state index in [0.29, 0.717) is 0 Å². The number of halogens is 1. The molecule has 1 heterocycles. The Bertz CT molecular complexity index is 536. The molecule has 1 atom stereocenters. The van der Waals surface area contributed by atoms with E-state index in [-0.39, 0.29) is 0 Å². The zero-order valence-electron chi connectivity index (χ0n) is 10.6. The number of hydrogen-bond donors (Lipinski definition) is 1. The molecule has 1 N–H and O–H groups in total. The lowest BCUT2D eigenvalue weighted by Crippen LogP contribution is -2.02. The highest BCUT2D eigenvalue weighted by molar-refractivity contribution is 14.1. The third-order valence-corrected chi connectivity index (χ3v) is 4.52. The van der Waals surface area contributed by atoms with Gasteiger partial charge in [0.15, 0.2) is 0 Å². The third kappa shape index (κ3) is 3.11. The fourth-order valence-corrected chi connectivity index (χ4v) is 2.71. The molecule has 0 saturated heterocycles. The zero-order valence-corrected chi connectivity index (χ0v) is 12.8. The fraction of sp³-hybridized carbons (Fsp3) is 0.357. The minimum absolute atomic E-state index is 0.406. The summed E-state index contributed by atoms with van der Waals surface area (Å²) in [7, 11) is 1.91. The number of rotatable bonds is 4. The number of hydrogen-bond acceptors (Lipinski definition) is 2. The number of nitrogens with zero attached hydrogens (tertiary/aromatic N) is 2. The van der Waals surface area contributed by atoms with E-state index in [4.69, 9.17) is 0 Å². The summed E-state index contributed by atoms with van der Waals surface area (Å²) in [6.45, 7) is 2.07. The second-order valence-corrected chi connectivity index (χ2v) is 5.63. The molecule has 0 radical (unpaired) electrons. The predicted octanol–water partition coefficient (Wildman–Crippen LogP) is 3.00. The van der Waals surface area contributed by atoms with Gasteiger partial charge in [-0.2, -0.15) is 5.10 Å². The van der Waals surface area contributed by atoms with Crippen LogP contribution < -0.4 is 0 Å². The van der Waals surface area contributed by atoms with Gasteiger partial charge in [-0.3, -0.25) is 4.68 Å². The summed E-state index contributed by atoms with van der Waals surface area (Å²) in [5.74, 6) is 0. The van der Waals surface area contributed by atoms with E-state index < -0.39 is 6.10 Å². The van der Waals surface area contributed by atoms with E-state index in [1.54, 1.807) is 4.68 Å². The van der Waals surface area contributed by atoms with E-state index in [1.165, 1.54) is 11.1 Å². The number of aryl methyl sites for hydroxylation is 3. The molecule has 1 unspecified atom stereocenters. The van der Waals surface area contributed by atoms with Crippen LogP contribution in [0.2, 0.25) is 0 Å². The van der Waals surface area contributed by atoms with Gasteiger partial charge in [0.2, 0.25) is 0 Å². The van der Waals surface area contributed by atoms with E-state index in [2.05, 4.69) is 40.7 Å². The molecule has 0 saturated carbocycles. The molecule has 0 amide bonds. The number of aliphatic hydroxyl groups excluding tert-OH is 1. The Hall–Kier alpha value is -0.880. The van der Waals surface area contributed by atoms with Crippen molar-refractivity contribution < 1.29 is 5.11 Å². The molecule has 3 nitrogen and oxygen atoms in total. The van der Waals surface area contributed by atoms with Crippen molar-refractivity contribution in [2.45, 2.75) is 25.9 Å². The summed E-state index contributed by atoms with van der Waals surface area (Å²) in [6.07, 6.45) is 5.02. The normalized spacial score (nSPS) is 12.7. The average Bonchev–Trinajstić information content (AvgIpc) is 2.76. The Labute approximate surface area is 121 Å². The average molecular weight is 356 g/mol. The molecule has 18 heavy (non-hydrogen) atoms. The van der Waals surface area contributed by atoms with Gasteiger partial charge in [-0.05, 0) is 59.0 Å². The van der Waals surface area contributed by atoms with Gasteiger partial charge in [0, 0.05) is 16.8 Å². The van der Waals surface area contributed by atoms with Crippen LogP contribution in [0.3, 0.4) is 0 Å². The molecule has 2 aromatic rings. The minimum Gasteiger partial charge on any atom is -0.388 e. The van der Waals surface area contributed by atoms with Crippen LogP contribution in [0.1, 0.15) is 29.2 Å². The molecular formula is C14H17IN2O. The Kier molecular flexibility index (Phi) is 4.40. The van der Waals surface area contributed by atoms with Gasteiger partial charge in [0.25, 0.3) is 0 Å². The predicted molar refractivity (Wildman–Crippen MR) is 80.4 cm³/mol. The molecule has 96 valence electrons. The van der Waals surface area contributed by atoms with Crippen molar-refractivity contribution in [3.05, 3.63) is 50.9 Å². The smallest absolute Gasteiger partial charge is 0.0803 e. The largest absolute Gasteiger partial charge is 0.388 e. The lowest BCUT2D eigenvalue weighted by atomic mass is 10.0. The number of aromatic nitrogens is 2. The van der Waals surface area contributed by atoms with Gasteiger partial charge in [-0.1, -0.05) is 18.2 Å². The first kappa shape index (κ1) is 13.5. The van der Waals surface area contributed by atoms with Crippen LogP contribution in [-0.4, -0.2) is 14.9 Å². The topological polar surface area (TPSA) is 38.1 Å². The van der Waals surface area contributed by atoms with Crippen molar-refractivity contribution in [1.29, 1.82) is 0 Å². The Morgan fingerprint density at radius 3 is 2.89 bits per heavy atom. The second-order valence-electron chi connectivity index (χ2n) is 4.55. The van der Waals surface area contributed by atoms with E-state index >= 15 is 0 Å². The first-order valence-electron chi connectivity index (χ1n) is 5.98. The van der Waals surface area contributed by atoms with Crippen molar-refractivity contribution in [3.8, 4) is 0 Å². The van der Waals surface area contributed by atoms with Gasteiger partial charge in [0.1, 0.15) is 0 Å². The van der Waals surface area contributed by atoms with E-state index in [1.807, 2.05) is 31.6 Å². The van der Waals surface area contributed by atoms with Crippen LogP contribution in [0.15, 0.2) is 30.6 Å². The fourth-order valence-electron chi connectivity index (χ4n) is 1.99. The molecule has 0 bridgehead atoms. The van der Waals surface area contributed by atoms with Gasteiger partial charge < -0.3 is 5.11 Å². The van der Waals surface area contributed by atoms with Crippen molar-refractivity contribution in [1.82, 2.24) is 9.78 Å². The SMILES string of the molecule is Cc1cccc(C(O)CCc2cnn(C)c2)c1I. The number of benzene rings is 1. The maximum absolute atomic E-state index is 10.3. The highest BCUT2D eigenvalue weighted by atomic mass is 127. The summed E-state index contributed by atoms with van der Waals surface area (Å²) in [6, 6.07) is 6.07. The van der Waals surface area contributed by atoms with Gasteiger partial charge >= 0.3 is 0 Å². The van der Waals surface area contributed by atoms with Crippen molar-refractivity contribution in [3.63, 3.8) is 0 Å². The first-order valence-corrected chi connectivity index (χ1v) is 7.06. The molecule has 1 aromatic carbocycles. The maximum atomic E-state index is 10.3. The summed E-state index contributed by atoms with van der Waals surface area (Å²) in [4.78, 5) is 0. The molecule has 0 fully saturated rings. The van der Waals surface area contributed by atoms with Crippen molar-refractivity contribution in [2.24, 2.45) is 7.05 Å². The second kappa shape index (κ2) is 5.84. The molecule has 2 rings (SSSR count). The van der Waals surface area contributed by atoms with Gasteiger partial charge in [0.05, 0.1) is 12.3 Å². The molecular weight excluding hydrogens is 339 g/mol. The van der Waals surface area contributed by atoms with Crippen LogP contribution in [-0.2, 0) is 13.5 Å². The minimum atomic E-state index is -0.406. The Morgan fingerprint density at radius 2 is 2.22 bits per heavy atom. The quantitative estimate of drug-likeness (QED) is 0.856. The summed E-state index contributed by atoms with van der Waals surface area (Å²) >= 11 is 2.30. The number of aliphatic hydroxyl groups is 1. The lowest BCUT2D eigenvalue weighted by Gasteiger charge is -2.13. The summed E-state index contributed by atoms with van der Waals surface area (Å²) in [5.41, 5.74) is 3.41. The zero-order chi connectivity index (χ0) is 13.1. The van der Waals surface area contributed by atoms with Crippen LogP contribution in [0, 0.1) is 10.5 Å². The lowest BCUT2D eigenvalue weighted by molar-refractivity contribution is 0.167. The van der Waals surface area contributed by atoms with Crippen molar-refractivity contribution >= 4 is 22.6 Å². The highest BCUT2D eigenvalue weighted by Crippen LogP contribution is 2.26. The molecule has 0 aliphatic rings. The van der Waals surface area contributed by atoms with Gasteiger partial charge in [-0.25, -0.2) is 0 Å². The Morgan fingerprint density at radius 1 is 1.44 bits per heavy atom. The van der Waals surface area contributed by atoms with E-state index in [0.717, 1.165) is 22.0 Å². The third-order valence-electron chi connectivity index (χ3n) is 3.05. The molecule has 4 heteroatoms. The van der Waals surface area contributed by atoms with Crippen LogP contribution >= 0.6 is 22.6 Å². The van der Waals surface area contributed by atoms with Crippen LogP contribution in [0.4, 0.5) is 0 Å². The van der Waals surface area contributed by atoms with E-state index in [9.17, 15) is 5.11 Å². The summed E-state index contributed by atoms with van der Waals surface area (Å²) in [5, 5.41) is 14.4. The van der Waals surface area contributed by atoms with Crippen LogP contribution in [0.5, 0.6) is 0 Å². The molecule has 0 aliphatic heterocycles. The van der Waals surface area contributed by atoms with Crippen molar-refractivity contribution in [2.75, 3.05) is 0 Å². The standard InChI is InChI=1S/C14H17IN2O/c1-10-4-3-5-12(14(10)15)13(18)7-6-11-8-16-17(2)9-11/h3-5,8-9,13,18H,6-7H2,1-2H3. The summed E-state index contributed by atoms with van der Waals surface area (Å²) < 4.78 is 2.95. The Balaban J connectivity index is 2.03.